The maximum Gasteiger partial charge on any atom is 0.200 e. The second-order valence-electron chi connectivity index (χ2n) is 7.27. The fraction of sp³-hybridized carbons (Fsp3) is 0.625. The maximum absolute atomic E-state index is 14.0. The van der Waals surface area contributed by atoms with Gasteiger partial charge in [0.25, 0.3) is 0 Å². The Morgan fingerprint density at radius 3 is 1.41 bits per heavy atom. The molecule has 0 N–H and O–H groups in total. The van der Waals surface area contributed by atoms with Gasteiger partial charge in [0.1, 0.15) is 0 Å². The summed E-state index contributed by atoms with van der Waals surface area (Å²) in [4.78, 5) is 0. The molecule has 1 aromatic carbocycles. The number of hydrogen-bond acceptors (Lipinski definition) is 0. The van der Waals surface area contributed by atoms with Gasteiger partial charge in [-0.3, -0.25) is 0 Å². The number of hydrogen-bond donors (Lipinski definition) is 0. The molecule has 0 heterocycles. The Labute approximate surface area is 127 Å². The lowest BCUT2D eigenvalue weighted by molar-refractivity contribution is 0.0371. The number of halogens is 5. The Hall–Kier alpha value is -0.700. The molecule has 1 aromatic rings. The van der Waals surface area contributed by atoms with Gasteiger partial charge < -0.3 is 0 Å². The van der Waals surface area contributed by atoms with Gasteiger partial charge in [-0.15, -0.1) is 0 Å². The summed E-state index contributed by atoms with van der Waals surface area (Å²) in [5.74, 6) is -7.25. The van der Waals surface area contributed by atoms with Gasteiger partial charge in [0.15, 0.2) is 23.3 Å². The highest BCUT2D eigenvalue weighted by molar-refractivity contribution is 7.49. The van der Waals surface area contributed by atoms with Crippen LogP contribution in [0.15, 0.2) is 0 Å². The number of benzene rings is 1. The van der Waals surface area contributed by atoms with Gasteiger partial charge in [0.05, 0.1) is 5.30 Å². The molecule has 4 aliphatic carbocycles. The van der Waals surface area contributed by atoms with Crippen molar-refractivity contribution in [2.24, 2.45) is 17.8 Å². The van der Waals surface area contributed by atoms with Gasteiger partial charge in [0.2, 0.25) is 5.82 Å². The highest BCUT2D eigenvalue weighted by Gasteiger charge is 2.51. The van der Waals surface area contributed by atoms with E-state index in [1.165, 1.54) is 19.3 Å². The quantitative estimate of drug-likeness (QED) is 0.319. The molecule has 22 heavy (non-hydrogen) atoms. The van der Waals surface area contributed by atoms with Crippen molar-refractivity contribution in [1.29, 1.82) is 0 Å². The molecular weight excluding hydrogens is 318 g/mol. The maximum atomic E-state index is 14.0. The van der Waals surface area contributed by atoms with E-state index < -0.39 is 34.4 Å². The molecular formula is C16H16F5P. The molecule has 1 atom stereocenters. The van der Waals surface area contributed by atoms with Gasteiger partial charge in [-0.2, -0.15) is 0 Å². The average molecular weight is 334 g/mol. The third kappa shape index (κ3) is 2.11. The summed E-state index contributed by atoms with van der Waals surface area (Å²) in [6, 6.07) is 0. The minimum Gasteiger partial charge on any atom is -0.203 e. The molecule has 4 aliphatic rings. The first kappa shape index (κ1) is 14.9. The van der Waals surface area contributed by atoms with Crippen LogP contribution in [0.2, 0.25) is 0 Å². The van der Waals surface area contributed by atoms with Gasteiger partial charge in [-0.05, 0) is 61.4 Å². The monoisotopic (exact) mass is 334 g/mol. The van der Waals surface area contributed by atoms with E-state index >= 15 is 0 Å². The zero-order valence-electron chi connectivity index (χ0n) is 11.9. The van der Waals surface area contributed by atoms with Gasteiger partial charge in [-0.1, -0.05) is 8.58 Å². The highest BCUT2D eigenvalue weighted by Crippen LogP contribution is 2.62. The van der Waals surface area contributed by atoms with Gasteiger partial charge in [0, 0.05) is 0 Å². The SMILES string of the molecule is Fc1c(F)c(F)c(PC23CC4CC(CC(C4)C2)C3)c(F)c1F. The standard InChI is InChI=1S/C16H16F5P/c17-10-11(18)13(20)15(14(21)12(10)19)22-16-4-7-1-8(5-16)3-9(2-7)6-16/h7-9,22H,1-6H2. The van der Waals surface area contributed by atoms with Crippen LogP contribution in [-0.2, 0) is 0 Å². The molecule has 1 unspecified atom stereocenters. The fourth-order valence-corrected chi connectivity index (χ4v) is 7.39. The van der Waals surface area contributed by atoms with Crippen LogP contribution in [0.25, 0.3) is 0 Å². The molecule has 120 valence electrons. The van der Waals surface area contributed by atoms with Crippen LogP contribution < -0.4 is 5.30 Å². The third-order valence-corrected chi connectivity index (χ3v) is 7.47. The van der Waals surface area contributed by atoms with Crippen LogP contribution in [-0.4, -0.2) is 5.16 Å². The van der Waals surface area contributed by atoms with Crippen molar-refractivity contribution in [3.05, 3.63) is 29.1 Å². The van der Waals surface area contributed by atoms with Crippen molar-refractivity contribution in [3.63, 3.8) is 0 Å². The lowest BCUT2D eigenvalue weighted by Gasteiger charge is -2.57. The summed E-state index contributed by atoms with van der Waals surface area (Å²) in [6.45, 7) is 0. The summed E-state index contributed by atoms with van der Waals surface area (Å²) < 4.78 is 67.9. The van der Waals surface area contributed by atoms with E-state index in [1.54, 1.807) is 0 Å². The van der Waals surface area contributed by atoms with Crippen LogP contribution in [0, 0.1) is 46.8 Å². The Morgan fingerprint density at radius 2 is 1.00 bits per heavy atom. The molecule has 0 amide bonds. The summed E-state index contributed by atoms with van der Waals surface area (Å²) >= 11 is 0. The van der Waals surface area contributed by atoms with Crippen LogP contribution in [0.3, 0.4) is 0 Å². The van der Waals surface area contributed by atoms with Crippen molar-refractivity contribution in [1.82, 2.24) is 0 Å². The topological polar surface area (TPSA) is 0 Å². The van der Waals surface area contributed by atoms with E-state index in [9.17, 15) is 22.0 Å². The van der Waals surface area contributed by atoms with Crippen molar-refractivity contribution in [3.8, 4) is 0 Å². The molecule has 0 nitrogen and oxygen atoms in total. The zero-order valence-corrected chi connectivity index (χ0v) is 12.9. The van der Waals surface area contributed by atoms with Crippen molar-refractivity contribution in [2.75, 3.05) is 0 Å². The Morgan fingerprint density at radius 1 is 0.636 bits per heavy atom. The largest absolute Gasteiger partial charge is 0.203 e. The third-order valence-electron chi connectivity index (χ3n) is 5.64. The van der Waals surface area contributed by atoms with E-state index in [0.29, 0.717) is 17.8 Å². The Balaban J connectivity index is 1.73. The van der Waals surface area contributed by atoms with Crippen LogP contribution in [0.1, 0.15) is 38.5 Å². The molecule has 0 radical (unpaired) electrons. The minimum atomic E-state index is -2.06. The molecule has 4 bridgehead atoms. The van der Waals surface area contributed by atoms with Crippen LogP contribution in [0.5, 0.6) is 0 Å². The normalized spacial score (nSPS) is 36.7. The van der Waals surface area contributed by atoms with E-state index in [1.807, 2.05) is 0 Å². The zero-order chi connectivity index (χ0) is 15.6. The van der Waals surface area contributed by atoms with E-state index in [0.717, 1.165) is 19.3 Å². The predicted octanol–water partition coefficient (Wildman–Crippen LogP) is 4.65. The second kappa shape index (κ2) is 4.90. The Kier molecular flexibility index (Phi) is 3.31. The average Bonchev–Trinajstić information content (AvgIpc) is 2.46. The van der Waals surface area contributed by atoms with E-state index in [2.05, 4.69) is 0 Å². The lowest BCUT2D eigenvalue weighted by atomic mass is 9.56. The first-order chi connectivity index (χ1) is 10.4. The first-order valence-electron chi connectivity index (χ1n) is 7.68. The second-order valence-corrected chi connectivity index (χ2v) is 9.08. The molecule has 5 rings (SSSR count). The summed E-state index contributed by atoms with van der Waals surface area (Å²) in [6.07, 6.45) is 6.12. The smallest absolute Gasteiger partial charge is 0.200 e. The molecule has 4 fully saturated rings. The first-order valence-corrected chi connectivity index (χ1v) is 8.68. The highest BCUT2D eigenvalue weighted by atomic mass is 31.1. The minimum absolute atomic E-state index is 0.243. The number of rotatable bonds is 2. The van der Waals surface area contributed by atoms with Crippen LogP contribution in [0.4, 0.5) is 22.0 Å². The van der Waals surface area contributed by atoms with Crippen molar-refractivity contribution >= 4 is 13.9 Å². The molecule has 0 saturated heterocycles. The summed E-state index contributed by atoms with van der Waals surface area (Å²) in [7, 11) is -0.332. The molecule has 6 heteroatoms. The van der Waals surface area contributed by atoms with Gasteiger partial charge in [-0.25, -0.2) is 22.0 Å². The molecule has 0 spiro atoms. The van der Waals surface area contributed by atoms with E-state index in [4.69, 9.17) is 0 Å². The Bertz CT molecular complexity index is 578. The van der Waals surface area contributed by atoms with Crippen molar-refractivity contribution in [2.45, 2.75) is 43.7 Å². The van der Waals surface area contributed by atoms with Crippen LogP contribution >= 0.6 is 8.58 Å². The van der Waals surface area contributed by atoms with Crippen molar-refractivity contribution < 1.29 is 22.0 Å². The molecule has 0 aromatic heterocycles. The van der Waals surface area contributed by atoms with E-state index in [-0.39, 0.29) is 13.7 Å². The summed E-state index contributed by atoms with van der Waals surface area (Å²) in [5, 5.41) is -0.828. The predicted molar refractivity (Wildman–Crippen MR) is 75.1 cm³/mol. The lowest BCUT2D eigenvalue weighted by Crippen LogP contribution is -2.49. The molecule has 4 saturated carbocycles. The fourth-order valence-electron chi connectivity index (χ4n) is 5.24. The summed E-state index contributed by atoms with van der Waals surface area (Å²) in [5.41, 5.74) is 0. The van der Waals surface area contributed by atoms with Gasteiger partial charge >= 0.3 is 0 Å². The molecule has 0 aliphatic heterocycles.